The molecule has 9 nitrogen and oxygen atoms in total. The van der Waals surface area contributed by atoms with Gasteiger partial charge in [-0.05, 0) is 36.4 Å². The van der Waals surface area contributed by atoms with Crippen LogP contribution in [0.15, 0.2) is 73.8 Å². The summed E-state index contributed by atoms with van der Waals surface area (Å²) in [4.78, 5) is 36.9. The van der Waals surface area contributed by atoms with Crippen molar-refractivity contribution in [3.8, 4) is 0 Å². The summed E-state index contributed by atoms with van der Waals surface area (Å²) in [5.74, 6) is 0.545. The van der Waals surface area contributed by atoms with E-state index in [1.807, 2.05) is 0 Å². The van der Waals surface area contributed by atoms with Gasteiger partial charge in [0.2, 0.25) is 0 Å². The first-order chi connectivity index (χ1) is 14.7. The fourth-order valence-electron chi connectivity index (χ4n) is 2.38. The van der Waals surface area contributed by atoms with E-state index in [4.69, 9.17) is 8.83 Å². The molecule has 30 heavy (non-hydrogen) atoms. The highest BCUT2D eigenvalue weighted by Crippen LogP contribution is 2.00. The quantitative estimate of drug-likeness (QED) is 0.393. The first-order valence-electron chi connectivity index (χ1n) is 9.32. The van der Waals surface area contributed by atoms with Crippen LogP contribution >= 0.6 is 0 Å². The predicted octanol–water partition coefficient (Wildman–Crippen LogP) is 1.97. The number of furan rings is 2. The number of amides is 2. The fraction of sp³-hybridized carbons (Fsp3) is 0.190. The highest BCUT2D eigenvalue weighted by Gasteiger charge is 2.11. The SMILES string of the molecule is O=C(NCCN=Cc1ccco1)c1cccc(C(=O)NCCN=Cc2ccco2)n1. The standard InChI is InChI=1S/C21H21N5O4/c27-20(24-10-8-22-14-16-4-2-12-29-16)18-6-1-7-19(26-18)21(28)25-11-9-23-15-17-5-3-13-30-17/h1-7,12-15H,8-11H2,(H,24,27)(H,25,28). The van der Waals surface area contributed by atoms with Crippen molar-refractivity contribution in [3.63, 3.8) is 0 Å². The Morgan fingerprint density at radius 1 is 0.800 bits per heavy atom. The van der Waals surface area contributed by atoms with Gasteiger partial charge in [-0.3, -0.25) is 19.6 Å². The lowest BCUT2D eigenvalue weighted by molar-refractivity contribution is 0.0945. The summed E-state index contributed by atoms with van der Waals surface area (Å²) < 4.78 is 10.3. The maximum atomic E-state index is 12.2. The van der Waals surface area contributed by atoms with Crippen LogP contribution in [0.4, 0.5) is 0 Å². The van der Waals surface area contributed by atoms with E-state index in [9.17, 15) is 9.59 Å². The highest BCUT2D eigenvalue weighted by atomic mass is 16.3. The first kappa shape index (κ1) is 20.7. The molecule has 0 spiro atoms. The van der Waals surface area contributed by atoms with Crippen LogP contribution in [0.1, 0.15) is 32.5 Å². The normalized spacial score (nSPS) is 11.2. The number of aliphatic imine (C=N–C) groups is 2. The molecule has 154 valence electrons. The molecule has 0 radical (unpaired) electrons. The lowest BCUT2D eigenvalue weighted by Gasteiger charge is -2.06. The van der Waals surface area contributed by atoms with Gasteiger partial charge in [-0.1, -0.05) is 6.07 Å². The number of carbonyl (C=O) groups excluding carboxylic acids is 2. The van der Waals surface area contributed by atoms with E-state index >= 15 is 0 Å². The minimum atomic E-state index is -0.374. The minimum Gasteiger partial charge on any atom is -0.463 e. The van der Waals surface area contributed by atoms with Crippen LogP contribution in [0.2, 0.25) is 0 Å². The van der Waals surface area contributed by atoms with Gasteiger partial charge in [0.15, 0.2) is 0 Å². The predicted molar refractivity (Wildman–Crippen MR) is 111 cm³/mol. The van der Waals surface area contributed by atoms with Crippen LogP contribution < -0.4 is 10.6 Å². The monoisotopic (exact) mass is 407 g/mol. The average molecular weight is 407 g/mol. The molecule has 0 fully saturated rings. The molecule has 0 aliphatic rings. The van der Waals surface area contributed by atoms with E-state index in [-0.39, 0.29) is 23.2 Å². The Hall–Kier alpha value is -4.01. The zero-order chi connectivity index (χ0) is 21.0. The van der Waals surface area contributed by atoms with Gasteiger partial charge in [0.25, 0.3) is 11.8 Å². The molecule has 0 saturated carbocycles. The van der Waals surface area contributed by atoms with Crippen molar-refractivity contribution in [3.05, 3.63) is 77.9 Å². The molecular formula is C21H21N5O4. The summed E-state index contributed by atoms with van der Waals surface area (Å²) in [6, 6.07) is 11.8. The van der Waals surface area contributed by atoms with Crippen LogP contribution in [0.5, 0.6) is 0 Å². The summed E-state index contributed by atoms with van der Waals surface area (Å²) in [6.45, 7) is 1.46. The molecule has 9 heteroatoms. The van der Waals surface area contributed by atoms with Crippen LogP contribution in [0.3, 0.4) is 0 Å². The topological polar surface area (TPSA) is 122 Å². The molecule has 3 aromatic heterocycles. The molecule has 0 bridgehead atoms. The van der Waals surface area contributed by atoms with Gasteiger partial charge < -0.3 is 19.5 Å². The fourth-order valence-corrected chi connectivity index (χ4v) is 2.38. The number of carbonyl (C=O) groups is 2. The third-order valence-corrected chi connectivity index (χ3v) is 3.79. The number of nitrogens with one attached hydrogen (secondary N) is 2. The lowest BCUT2D eigenvalue weighted by atomic mass is 10.2. The highest BCUT2D eigenvalue weighted by molar-refractivity contribution is 5.96. The average Bonchev–Trinajstić information content (AvgIpc) is 3.47. The minimum absolute atomic E-state index is 0.161. The largest absolute Gasteiger partial charge is 0.463 e. The van der Waals surface area contributed by atoms with Gasteiger partial charge in [0.05, 0.1) is 38.0 Å². The molecule has 3 heterocycles. The molecule has 2 amide bonds. The molecule has 2 N–H and O–H groups in total. The van der Waals surface area contributed by atoms with Crippen molar-refractivity contribution in [2.75, 3.05) is 26.2 Å². The summed E-state index contributed by atoms with van der Waals surface area (Å²) in [5, 5.41) is 5.43. The zero-order valence-corrected chi connectivity index (χ0v) is 16.2. The first-order valence-corrected chi connectivity index (χ1v) is 9.32. The molecule has 3 aromatic rings. The Balaban J connectivity index is 1.41. The second kappa shape index (κ2) is 11.1. The van der Waals surface area contributed by atoms with E-state index < -0.39 is 0 Å². The van der Waals surface area contributed by atoms with Crippen LogP contribution in [-0.4, -0.2) is 55.4 Å². The molecule has 0 saturated heterocycles. The van der Waals surface area contributed by atoms with Crippen molar-refractivity contribution in [1.82, 2.24) is 15.6 Å². The number of aromatic nitrogens is 1. The Kier molecular flexibility index (Phi) is 7.67. The third-order valence-electron chi connectivity index (χ3n) is 3.79. The van der Waals surface area contributed by atoms with Crippen molar-refractivity contribution in [1.29, 1.82) is 0 Å². The van der Waals surface area contributed by atoms with Crippen LogP contribution in [-0.2, 0) is 0 Å². The zero-order valence-electron chi connectivity index (χ0n) is 16.2. The summed E-state index contributed by atoms with van der Waals surface area (Å²) in [6.07, 6.45) is 6.31. The van der Waals surface area contributed by atoms with Crippen LogP contribution in [0, 0.1) is 0 Å². The number of nitrogens with zero attached hydrogens (tertiary/aromatic N) is 3. The van der Waals surface area contributed by atoms with Gasteiger partial charge in [0, 0.05) is 13.1 Å². The second-order valence-electron chi connectivity index (χ2n) is 6.02. The number of hydrogen-bond acceptors (Lipinski definition) is 7. The number of rotatable bonds is 10. The smallest absolute Gasteiger partial charge is 0.269 e. The van der Waals surface area contributed by atoms with Gasteiger partial charge in [-0.2, -0.15) is 0 Å². The van der Waals surface area contributed by atoms with Crippen molar-refractivity contribution >= 4 is 24.2 Å². The van der Waals surface area contributed by atoms with Gasteiger partial charge in [-0.25, -0.2) is 4.98 Å². The van der Waals surface area contributed by atoms with E-state index in [1.54, 1.807) is 67.4 Å². The molecule has 3 rings (SSSR count). The van der Waals surface area contributed by atoms with Crippen LogP contribution in [0.25, 0.3) is 0 Å². The van der Waals surface area contributed by atoms with Gasteiger partial charge in [-0.15, -0.1) is 0 Å². The molecular weight excluding hydrogens is 386 g/mol. The number of pyridine rings is 1. The molecule has 0 aliphatic heterocycles. The second-order valence-corrected chi connectivity index (χ2v) is 6.02. The van der Waals surface area contributed by atoms with E-state index in [0.29, 0.717) is 37.7 Å². The Morgan fingerprint density at radius 3 is 1.73 bits per heavy atom. The molecule has 0 unspecified atom stereocenters. The maximum absolute atomic E-state index is 12.2. The van der Waals surface area contributed by atoms with E-state index in [1.165, 1.54) is 0 Å². The number of hydrogen-bond donors (Lipinski definition) is 2. The van der Waals surface area contributed by atoms with Crippen molar-refractivity contribution in [2.45, 2.75) is 0 Å². The lowest BCUT2D eigenvalue weighted by Crippen LogP contribution is -2.29. The van der Waals surface area contributed by atoms with Crippen molar-refractivity contribution < 1.29 is 18.4 Å². The van der Waals surface area contributed by atoms with Gasteiger partial charge in [0.1, 0.15) is 22.9 Å². The third kappa shape index (κ3) is 6.55. The maximum Gasteiger partial charge on any atom is 0.269 e. The molecule has 0 atom stereocenters. The van der Waals surface area contributed by atoms with Crippen molar-refractivity contribution in [2.24, 2.45) is 9.98 Å². The Morgan fingerprint density at radius 2 is 1.30 bits per heavy atom. The molecule has 0 aliphatic carbocycles. The van der Waals surface area contributed by atoms with E-state index in [2.05, 4.69) is 25.6 Å². The Labute approximate surface area is 172 Å². The molecule has 0 aromatic carbocycles. The van der Waals surface area contributed by atoms with E-state index in [0.717, 1.165) is 0 Å². The van der Waals surface area contributed by atoms with Gasteiger partial charge >= 0.3 is 0 Å². The Bertz CT molecular complexity index is 917. The summed E-state index contributed by atoms with van der Waals surface area (Å²) in [5.41, 5.74) is 0.321. The summed E-state index contributed by atoms with van der Waals surface area (Å²) >= 11 is 0. The summed E-state index contributed by atoms with van der Waals surface area (Å²) in [7, 11) is 0.